The maximum atomic E-state index is 14.8. The largest absolute Gasteiger partial charge is 0.324 e. The van der Waals surface area contributed by atoms with Gasteiger partial charge in [-0.25, -0.2) is 17.6 Å². The standard InChI is InChI=1S/C24H23ClFN3O4S/c1-28(24(31)29(2)18-11-8-16(25)9-12-18)15-23(30)27-17-10-13-19(21(26)14-17)20-6-4-5-7-22(20)34(3,32)33/h4-14H,15H2,1-3H3,(H,27,30). The minimum absolute atomic E-state index is 0.00984. The van der Waals surface area contributed by atoms with Gasteiger partial charge in [0, 0.05) is 47.9 Å². The normalized spacial score (nSPS) is 11.1. The molecule has 0 atom stereocenters. The lowest BCUT2D eigenvalue weighted by atomic mass is 10.0. The molecule has 3 aromatic carbocycles. The first kappa shape index (κ1) is 25.2. The van der Waals surface area contributed by atoms with Crippen LogP contribution in [0.3, 0.4) is 0 Å². The van der Waals surface area contributed by atoms with Crippen LogP contribution in [0.15, 0.2) is 71.6 Å². The summed E-state index contributed by atoms with van der Waals surface area (Å²) in [6, 6.07) is 16.3. The number of nitrogens with one attached hydrogen (secondary N) is 1. The average molecular weight is 504 g/mol. The molecule has 3 amide bonds. The zero-order valence-corrected chi connectivity index (χ0v) is 20.3. The van der Waals surface area contributed by atoms with E-state index in [0.29, 0.717) is 10.7 Å². The molecule has 3 aromatic rings. The Balaban J connectivity index is 1.70. The zero-order chi connectivity index (χ0) is 25.0. The van der Waals surface area contributed by atoms with Crippen LogP contribution in [0, 0.1) is 5.82 Å². The lowest BCUT2D eigenvalue weighted by Crippen LogP contribution is -2.42. The molecule has 0 saturated carbocycles. The summed E-state index contributed by atoms with van der Waals surface area (Å²) in [5.41, 5.74) is 1.11. The monoisotopic (exact) mass is 503 g/mol. The highest BCUT2D eigenvalue weighted by atomic mass is 35.5. The quantitative estimate of drug-likeness (QED) is 0.529. The topological polar surface area (TPSA) is 86.8 Å². The predicted octanol–water partition coefficient (Wildman–Crippen LogP) is 4.68. The molecule has 1 N–H and O–H groups in total. The summed E-state index contributed by atoms with van der Waals surface area (Å²) in [4.78, 5) is 27.7. The van der Waals surface area contributed by atoms with E-state index in [1.807, 2.05) is 0 Å². The van der Waals surface area contributed by atoms with Crippen LogP contribution in [0.25, 0.3) is 11.1 Å². The van der Waals surface area contributed by atoms with Crippen LogP contribution in [0.1, 0.15) is 0 Å². The Labute approximate surface area is 202 Å². The highest BCUT2D eigenvalue weighted by molar-refractivity contribution is 7.90. The number of sulfone groups is 1. The Kier molecular flexibility index (Phi) is 7.58. The van der Waals surface area contributed by atoms with Gasteiger partial charge < -0.3 is 10.2 Å². The van der Waals surface area contributed by atoms with Gasteiger partial charge in [0.2, 0.25) is 5.91 Å². The van der Waals surface area contributed by atoms with Crippen LogP contribution in [0.5, 0.6) is 0 Å². The average Bonchev–Trinajstić information content (AvgIpc) is 2.78. The highest BCUT2D eigenvalue weighted by Gasteiger charge is 2.20. The Morgan fingerprint density at radius 2 is 1.62 bits per heavy atom. The fraction of sp³-hybridized carbons (Fsp3) is 0.167. The number of hydrogen-bond donors (Lipinski definition) is 1. The number of benzene rings is 3. The van der Waals surface area contributed by atoms with Crippen molar-refractivity contribution in [1.29, 1.82) is 0 Å². The zero-order valence-electron chi connectivity index (χ0n) is 18.7. The van der Waals surface area contributed by atoms with Crippen LogP contribution in [0.4, 0.5) is 20.6 Å². The summed E-state index contributed by atoms with van der Waals surface area (Å²) < 4.78 is 38.9. The first-order valence-corrected chi connectivity index (χ1v) is 12.4. The van der Waals surface area contributed by atoms with Crippen molar-refractivity contribution in [3.63, 3.8) is 0 Å². The summed E-state index contributed by atoms with van der Waals surface area (Å²) in [6.45, 7) is -0.267. The number of nitrogens with zero attached hydrogens (tertiary/aromatic N) is 2. The number of urea groups is 1. The Morgan fingerprint density at radius 1 is 0.971 bits per heavy atom. The summed E-state index contributed by atoms with van der Waals surface area (Å²) in [6.07, 6.45) is 1.06. The summed E-state index contributed by atoms with van der Waals surface area (Å²) in [7, 11) is -0.519. The maximum Gasteiger partial charge on any atom is 0.324 e. The number of hydrogen-bond acceptors (Lipinski definition) is 4. The number of carbonyl (C=O) groups excluding carboxylic acids is 2. The lowest BCUT2D eigenvalue weighted by Gasteiger charge is -2.24. The van der Waals surface area contributed by atoms with E-state index in [4.69, 9.17) is 11.6 Å². The fourth-order valence-electron chi connectivity index (χ4n) is 3.34. The molecule has 0 bridgehead atoms. The third-order valence-corrected chi connectivity index (χ3v) is 6.44. The van der Waals surface area contributed by atoms with Crippen molar-refractivity contribution in [2.24, 2.45) is 0 Å². The van der Waals surface area contributed by atoms with Crippen LogP contribution < -0.4 is 10.2 Å². The minimum atomic E-state index is -3.56. The Hall–Kier alpha value is -3.43. The molecular formula is C24H23ClFN3O4S. The van der Waals surface area contributed by atoms with E-state index >= 15 is 0 Å². The number of likely N-dealkylation sites (N-methyl/N-ethyl adjacent to an activating group) is 1. The third kappa shape index (κ3) is 5.92. The number of carbonyl (C=O) groups is 2. The van der Waals surface area contributed by atoms with Crippen molar-refractivity contribution in [2.75, 3.05) is 37.1 Å². The van der Waals surface area contributed by atoms with E-state index in [2.05, 4.69) is 5.32 Å². The second kappa shape index (κ2) is 10.2. The molecule has 0 radical (unpaired) electrons. The van der Waals surface area contributed by atoms with Gasteiger partial charge in [-0.05, 0) is 48.5 Å². The first-order valence-electron chi connectivity index (χ1n) is 10.1. The minimum Gasteiger partial charge on any atom is -0.324 e. The van der Waals surface area contributed by atoms with E-state index < -0.39 is 27.6 Å². The Bertz CT molecular complexity index is 1330. The van der Waals surface area contributed by atoms with E-state index in [1.54, 1.807) is 43.4 Å². The fourth-order valence-corrected chi connectivity index (χ4v) is 4.37. The lowest BCUT2D eigenvalue weighted by molar-refractivity contribution is -0.116. The number of anilines is 2. The van der Waals surface area contributed by atoms with E-state index in [1.165, 1.54) is 41.1 Å². The number of amides is 3. The van der Waals surface area contributed by atoms with Crippen molar-refractivity contribution >= 4 is 44.8 Å². The Morgan fingerprint density at radius 3 is 2.24 bits per heavy atom. The van der Waals surface area contributed by atoms with Crippen molar-refractivity contribution < 1.29 is 22.4 Å². The smallest absolute Gasteiger partial charge is 0.324 e. The van der Waals surface area contributed by atoms with Crippen molar-refractivity contribution in [1.82, 2.24) is 4.90 Å². The second-order valence-electron chi connectivity index (χ2n) is 7.69. The number of rotatable bonds is 6. The van der Waals surface area contributed by atoms with Crippen molar-refractivity contribution in [3.05, 3.63) is 77.6 Å². The molecule has 34 heavy (non-hydrogen) atoms. The SMILES string of the molecule is CN(CC(=O)Nc1ccc(-c2ccccc2S(C)(=O)=O)c(F)c1)C(=O)N(C)c1ccc(Cl)cc1. The maximum absolute atomic E-state index is 14.8. The summed E-state index contributed by atoms with van der Waals surface area (Å²) in [5, 5.41) is 3.09. The van der Waals surface area contributed by atoms with E-state index in [-0.39, 0.29) is 28.3 Å². The van der Waals surface area contributed by atoms with Crippen LogP contribution >= 0.6 is 11.6 Å². The van der Waals surface area contributed by atoms with Crippen LogP contribution in [-0.4, -0.2) is 52.2 Å². The van der Waals surface area contributed by atoms with Crippen molar-refractivity contribution in [2.45, 2.75) is 4.90 Å². The van der Waals surface area contributed by atoms with Gasteiger partial charge in [-0.3, -0.25) is 9.69 Å². The summed E-state index contributed by atoms with van der Waals surface area (Å²) >= 11 is 5.87. The molecule has 0 spiro atoms. The molecule has 0 fully saturated rings. The molecule has 0 aliphatic heterocycles. The van der Waals surface area contributed by atoms with Gasteiger partial charge in [0.25, 0.3) is 0 Å². The molecule has 0 aliphatic rings. The predicted molar refractivity (Wildman–Crippen MR) is 131 cm³/mol. The number of halogens is 2. The van der Waals surface area contributed by atoms with Gasteiger partial charge in [0.05, 0.1) is 4.90 Å². The van der Waals surface area contributed by atoms with Crippen LogP contribution in [-0.2, 0) is 14.6 Å². The molecule has 178 valence electrons. The van der Waals surface area contributed by atoms with Gasteiger partial charge in [-0.2, -0.15) is 0 Å². The molecular weight excluding hydrogens is 481 g/mol. The van der Waals surface area contributed by atoms with Crippen LogP contribution in [0.2, 0.25) is 5.02 Å². The molecule has 0 saturated heterocycles. The summed E-state index contributed by atoms with van der Waals surface area (Å²) in [5.74, 6) is -1.22. The second-order valence-corrected chi connectivity index (χ2v) is 10.1. The van der Waals surface area contributed by atoms with E-state index in [9.17, 15) is 22.4 Å². The molecule has 0 aromatic heterocycles. The van der Waals surface area contributed by atoms with Gasteiger partial charge >= 0.3 is 6.03 Å². The molecule has 10 heteroatoms. The molecule has 3 rings (SSSR count). The third-order valence-electron chi connectivity index (χ3n) is 5.04. The van der Waals surface area contributed by atoms with Gasteiger partial charge in [-0.15, -0.1) is 0 Å². The molecule has 0 unspecified atom stereocenters. The highest BCUT2D eigenvalue weighted by Crippen LogP contribution is 2.30. The van der Waals surface area contributed by atoms with Gasteiger partial charge in [-0.1, -0.05) is 29.8 Å². The van der Waals surface area contributed by atoms with E-state index in [0.717, 1.165) is 12.3 Å². The molecule has 0 aliphatic carbocycles. The van der Waals surface area contributed by atoms with Gasteiger partial charge in [0.1, 0.15) is 12.4 Å². The molecule has 0 heterocycles. The first-order chi connectivity index (χ1) is 16.0. The van der Waals surface area contributed by atoms with Gasteiger partial charge in [0.15, 0.2) is 9.84 Å². The molecule has 7 nitrogen and oxygen atoms in total. The van der Waals surface area contributed by atoms with Crippen molar-refractivity contribution in [3.8, 4) is 11.1 Å².